The summed E-state index contributed by atoms with van der Waals surface area (Å²) in [6.45, 7) is 4.19. The molecule has 0 aliphatic heterocycles. The lowest BCUT2D eigenvalue weighted by Crippen LogP contribution is -2.59. The summed E-state index contributed by atoms with van der Waals surface area (Å²) in [7, 11) is 0. The SMILES string of the molecule is CC#CCCNC(=O)NC1(C(=O)O)CCCC(C)C1. The molecule has 2 unspecified atom stereocenters. The molecule has 0 bridgehead atoms. The zero-order valence-electron chi connectivity index (χ0n) is 11.6. The van der Waals surface area contributed by atoms with Gasteiger partial charge in [0.2, 0.25) is 0 Å². The summed E-state index contributed by atoms with van der Waals surface area (Å²) >= 11 is 0. The summed E-state index contributed by atoms with van der Waals surface area (Å²) in [5.41, 5.74) is -1.11. The maximum atomic E-state index is 11.8. The topological polar surface area (TPSA) is 78.4 Å². The first-order valence-electron chi connectivity index (χ1n) is 6.69. The summed E-state index contributed by atoms with van der Waals surface area (Å²) in [5.74, 6) is 4.95. The Bertz CT molecular complexity index is 397. The minimum absolute atomic E-state index is 0.316. The lowest BCUT2D eigenvalue weighted by molar-refractivity contribution is -0.146. The molecule has 0 saturated heterocycles. The summed E-state index contributed by atoms with van der Waals surface area (Å²) in [5, 5.41) is 14.7. The number of carboxylic acids is 1. The number of aliphatic carboxylic acids is 1. The van der Waals surface area contributed by atoms with Crippen LogP contribution in [0.15, 0.2) is 0 Å². The van der Waals surface area contributed by atoms with Crippen LogP contribution in [0.2, 0.25) is 0 Å². The molecule has 106 valence electrons. The van der Waals surface area contributed by atoms with Gasteiger partial charge in [-0.25, -0.2) is 9.59 Å². The van der Waals surface area contributed by atoms with Crippen LogP contribution in [-0.2, 0) is 4.79 Å². The molecule has 1 fully saturated rings. The van der Waals surface area contributed by atoms with Crippen molar-refractivity contribution in [2.45, 2.75) is 51.5 Å². The Labute approximate surface area is 114 Å². The highest BCUT2D eigenvalue weighted by molar-refractivity contribution is 5.86. The van der Waals surface area contributed by atoms with E-state index in [2.05, 4.69) is 22.5 Å². The van der Waals surface area contributed by atoms with Gasteiger partial charge in [0.15, 0.2) is 0 Å². The monoisotopic (exact) mass is 266 g/mol. The zero-order chi connectivity index (χ0) is 14.3. The third-order valence-corrected chi connectivity index (χ3v) is 3.47. The van der Waals surface area contributed by atoms with E-state index in [9.17, 15) is 14.7 Å². The zero-order valence-corrected chi connectivity index (χ0v) is 11.6. The van der Waals surface area contributed by atoms with Gasteiger partial charge in [-0.3, -0.25) is 0 Å². The summed E-state index contributed by atoms with van der Waals surface area (Å²) < 4.78 is 0. The Hall–Kier alpha value is -1.70. The second-order valence-corrected chi connectivity index (χ2v) is 5.15. The third kappa shape index (κ3) is 4.47. The molecule has 1 aliphatic carbocycles. The molecule has 5 heteroatoms. The molecule has 0 aromatic rings. The number of nitrogens with one attached hydrogen (secondary N) is 2. The van der Waals surface area contributed by atoms with E-state index in [1.165, 1.54) is 0 Å². The Morgan fingerprint density at radius 1 is 1.47 bits per heavy atom. The minimum Gasteiger partial charge on any atom is -0.480 e. The van der Waals surface area contributed by atoms with Gasteiger partial charge in [0, 0.05) is 13.0 Å². The van der Waals surface area contributed by atoms with Gasteiger partial charge in [0.1, 0.15) is 5.54 Å². The second-order valence-electron chi connectivity index (χ2n) is 5.15. The fourth-order valence-corrected chi connectivity index (χ4v) is 2.54. The molecule has 19 heavy (non-hydrogen) atoms. The molecule has 1 rings (SSSR count). The maximum absolute atomic E-state index is 11.8. The number of amides is 2. The molecule has 5 nitrogen and oxygen atoms in total. The standard InChI is InChI=1S/C14H22N2O3/c1-3-4-5-9-15-13(19)16-14(12(17)18)8-6-7-11(2)10-14/h11H,5-10H2,1-2H3,(H,17,18)(H2,15,16,19). The highest BCUT2D eigenvalue weighted by Crippen LogP contribution is 2.32. The fourth-order valence-electron chi connectivity index (χ4n) is 2.54. The molecule has 0 aromatic carbocycles. The Morgan fingerprint density at radius 3 is 2.79 bits per heavy atom. The molecular weight excluding hydrogens is 244 g/mol. The molecule has 1 saturated carbocycles. The molecule has 0 aromatic heterocycles. The van der Waals surface area contributed by atoms with Crippen molar-refractivity contribution in [3.63, 3.8) is 0 Å². The van der Waals surface area contributed by atoms with Crippen molar-refractivity contribution in [2.75, 3.05) is 6.54 Å². The van der Waals surface area contributed by atoms with Gasteiger partial charge in [-0.2, -0.15) is 0 Å². The molecule has 0 radical (unpaired) electrons. The first-order valence-corrected chi connectivity index (χ1v) is 6.69. The molecule has 0 heterocycles. The van der Waals surface area contributed by atoms with Crippen molar-refractivity contribution in [2.24, 2.45) is 5.92 Å². The molecule has 0 spiro atoms. The van der Waals surface area contributed by atoms with Crippen LogP contribution in [0.5, 0.6) is 0 Å². The number of hydrogen-bond acceptors (Lipinski definition) is 2. The lowest BCUT2D eigenvalue weighted by atomic mass is 9.76. The van der Waals surface area contributed by atoms with E-state index >= 15 is 0 Å². The van der Waals surface area contributed by atoms with Gasteiger partial charge in [0.05, 0.1) is 0 Å². The number of carbonyl (C=O) groups excluding carboxylic acids is 1. The quantitative estimate of drug-likeness (QED) is 0.535. The number of carbonyl (C=O) groups is 2. The van der Waals surface area contributed by atoms with Crippen molar-refractivity contribution in [3.8, 4) is 11.8 Å². The summed E-state index contributed by atoms with van der Waals surface area (Å²) in [4.78, 5) is 23.2. The number of rotatable bonds is 4. The van der Waals surface area contributed by atoms with Gasteiger partial charge in [0.25, 0.3) is 0 Å². The fraction of sp³-hybridized carbons (Fsp3) is 0.714. The van der Waals surface area contributed by atoms with E-state index in [4.69, 9.17) is 0 Å². The van der Waals surface area contributed by atoms with Gasteiger partial charge < -0.3 is 15.7 Å². The Kier molecular flexibility index (Phi) is 5.68. The number of urea groups is 1. The van der Waals surface area contributed by atoms with Crippen LogP contribution in [0.4, 0.5) is 4.79 Å². The minimum atomic E-state index is -1.11. The van der Waals surface area contributed by atoms with Gasteiger partial charge in [-0.05, 0) is 25.7 Å². The molecule has 1 aliphatic rings. The Morgan fingerprint density at radius 2 is 2.21 bits per heavy atom. The van der Waals surface area contributed by atoms with E-state index in [0.717, 1.165) is 12.8 Å². The maximum Gasteiger partial charge on any atom is 0.329 e. The average Bonchev–Trinajstić information content (AvgIpc) is 2.34. The second kappa shape index (κ2) is 7.03. The van der Waals surface area contributed by atoms with Crippen LogP contribution in [0, 0.1) is 17.8 Å². The largest absolute Gasteiger partial charge is 0.480 e. The van der Waals surface area contributed by atoms with Crippen LogP contribution in [0.3, 0.4) is 0 Å². The van der Waals surface area contributed by atoms with E-state index in [-0.39, 0.29) is 0 Å². The predicted molar refractivity (Wildman–Crippen MR) is 72.6 cm³/mol. The summed E-state index contributed by atoms with van der Waals surface area (Å²) in [6, 6.07) is -0.422. The smallest absolute Gasteiger partial charge is 0.329 e. The van der Waals surface area contributed by atoms with Crippen LogP contribution < -0.4 is 10.6 Å². The van der Waals surface area contributed by atoms with Gasteiger partial charge in [-0.1, -0.05) is 19.8 Å². The van der Waals surface area contributed by atoms with Crippen molar-refractivity contribution < 1.29 is 14.7 Å². The molecule has 3 N–H and O–H groups in total. The normalized spacial score (nSPS) is 25.9. The van der Waals surface area contributed by atoms with Gasteiger partial charge in [-0.15, -0.1) is 11.8 Å². The molecule has 2 amide bonds. The molecular formula is C14H22N2O3. The van der Waals surface area contributed by atoms with Crippen molar-refractivity contribution >= 4 is 12.0 Å². The van der Waals surface area contributed by atoms with E-state index in [1.54, 1.807) is 6.92 Å². The number of carboxylic acid groups (broad SMARTS) is 1. The number of hydrogen-bond donors (Lipinski definition) is 3. The predicted octanol–water partition coefficient (Wildman–Crippen LogP) is 1.73. The van der Waals surface area contributed by atoms with E-state index < -0.39 is 17.5 Å². The first kappa shape index (κ1) is 15.4. The van der Waals surface area contributed by atoms with Crippen molar-refractivity contribution in [1.29, 1.82) is 0 Å². The summed E-state index contributed by atoms with van der Waals surface area (Å²) in [6.07, 6.45) is 3.40. The van der Waals surface area contributed by atoms with Crippen LogP contribution >= 0.6 is 0 Å². The average molecular weight is 266 g/mol. The van der Waals surface area contributed by atoms with Crippen molar-refractivity contribution in [1.82, 2.24) is 10.6 Å². The third-order valence-electron chi connectivity index (χ3n) is 3.47. The van der Waals surface area contributed by atoms with Crippen LogP contribution in [0.25, 0.3) is 0 Å². The highest BCUT2D eigenvalue weighted by Gasteiger charge is 2.43. The van der Waals surface area contributed by atoms with Crippen LogP contribution in [-0.4, -0.2) is 29.2 Å². The lowest BCUT2D eigenvalue weighted by Gasteiger charge is -2.36. The van der Waals surface area contributed by atoms with E-state index in [1.807, 2.05) is 6.92 Å². The Balaban J connectivity index is 2.55. The highest BCUT2D eigenvalue weighted by atomic mass is 16.4. The van der Waals surface area contributed by atoms with Crippen LogP contribution in [0.1, 0.15) is 46.0 Å². The van der Waals surface area contributed by atoms with Crippen molar-refractivity contribution in [3.05, 3.63) is 0 Å². The van der Waals surface area contributed by atoms with Gasteiger partial charge >= 0.3 is 12.0 Å². The first-order chi connectivity index (χ1) is 9.00. The van der Waals surface area contributed by atoms with E-state index in [0.29, 0.717) is 31.7 Å². The molecule has 2 atom stereocenters.